The third-order valence-corrected chi connectivity index (χ3v) is 3.17. The van der Waals surface area contributed by atoms with E-state index < -0.39 is 0 Å². The normalized spacial score (nSPS) is 37.5. The van der Waals surface area contributed by atoms with Gasteiger partial charge in [-0.2, -0.15) is 0 Å². The van der Waals surface area contributed by atoms with Gasteiger partial charge in [0.05, 0.1) is 0 Å². The average Bonchev–Trinajstić information content (AvgIpc) is 2.33. The van der Waals surface area contributed by atoms with Gasteiger partial charge in [-0.1, -0.05) is 12.2 Å². The zero-order chi connectivity index (χ0) is 7.84. The van der Waals surface area contributed by atoms with Crippen molar-refractivity contribution in [1.29, 1.82) is 0 Å². The van der Waals surface area contributed by atoms with Gasteiger partial charge in [0.1, 0.15) is 5.78 Å². The molecule has 2 fully saturated rings. The molecule has 2 aliphatic rings. The van der Waals surface area contributed by atoms with Crippen LogP contribution in [-0.4, -0.2) is 5.78 Å². The van der Waals surface area contributed by atoms with Crippen molar-refractivity contribution in [1.82, 2.24) is 0 Å². The summed E-state index contributed by atoms with van der Waals surface area (Å²) in [6.07, 6.45) is 5.21. The second kappa shape index (κ2) is 2.47. The lowest BCUT2D eigenvalue weighted by atomic mass is 9.80. The van der Waals surface area contributed by atoms with E-state index in [0.717, 1.165) is 25.2 Å². The molecule has 2 aliphatic carbocycles. The predicted octanol–water partition coefficient (Wildman–Crippen LogP) is 2.32. The molecule has 60 valence electrons. The summed E-state index contributed by atoms with van der Waals surface area (Å²) in [6, 6.07) is 0. The van der Waals surface area contributed by atoms with Crippen LogP contribution in [0, 0.1) is 11.8 Å². The van der Waals surface area contributed by atoms with Crippen LogP contribution < -0.4 is 0 Å². The minimum Gasteiger partial charge on any atom is -0.300 e. The first-order chi connectivity index (χ1) is 5.27. The summed E-state index contributed by atoms with van der Waals surface area (Å²) < 4.78 is 0. The van der Waals surface area contributed by atoms with Gasteiger partial charge in [0.25, 0.3) is 0 Å². The topological polar surface area (TPSA) is 17.1 Å². The zero-order valence-electron chi connectivity index (χ0n) is 6.81. The summed E-state index contributed by atoms with van der Waals surface area (Å²) in [7, 11) is 0. The molecule has 2 rings (SSSR count). The third kappa shape index (κ3) is 1.13. The summed E-state index contributed by atoms with van der Waals surface area (Å²) in [5, 5.41) is 0. The molecule has 0 aliphatic heterocycles. The van der Waals surface area contributed by atoms with Crippen LogP contribution in [0.3, 0.4) is 0 Å². The quantitative estimate of drug-likeness (QED) is 0.484. The Hall–Kier alpha value is -0.590. The first kappa shape index (κ1) is 7.08. The highest BCUT2D eigenvalue weighted by molar-refractivity contribution is 5.80. The van der Waals surface area contributed by atoms with E-state index in [1.807, 2.05) is 0 Å². The fraction of sp³-hybridized carbons (Fsp3) is 0.700. The van der Waals surface area contributed by atoms with Crippen LogP contribution in [0.4, 0.5) is 0 Å². The second-order valence-electron chi connectivity index (χ2n) is 3.84. The lowest BCUT2D eigenvalue weighted by Crippen LogP contribution is -2.20. The van der Waals surface area contributed by atoms with E-state index in [-0.39, 0.29) is 0 Å². The Labute approximate surface area is 67.5 Å². The van der Waals surface area contributed by atoms with Crippen LogP contribution in [-0.2, 0) is 4.79 Å². The van der Waals surface area contributed by atoms with E-state index in [1.165, 1.54) is 18.4 Å². The van der Waals surface area contributed by atoms with Gasteiger partial charge in [-0.3, -0.25) is 4.79 Å². The zero-order valence-corrected chi connectivity index (χ0v) is 6.81. The Morgan fingerprint density at radius 2 is 2.00 bits per heavy atom. The van der Waals surface area contributed by atoms with Crippen molar-refractivity contribution in [2.75, 3.05) is 0 Å². The molecule has 0 N–H and O–H groups in total. The van der Waals surface area contributed by atoms with Gasteiger partial charge in [-0.25, -0.2) is 0 Å². The third-order valence-electron chi connectivity index (χ3n) is 3.17. The molecular weight excluding hydrogens is 136 g/mol. The van der Waals surface area contributed by atoms with Gasteiger partial charge < -0.3 is 0 Å². The van der Waals surface area contributed by atoms with Gasteiger partial charge >= 0.3 is 0 Å². The van der Waals surface area contributed by atoms with E-state index in [4.69, 9.17) is 0 Å². The minimum atomic E-state index is 0.453. The molecule has 0 spiro atoms. The number of carbonyl (C=O) groups excluding carboxylic acids is 1. The molecule has 0 bridgehead atoms. The average molecular weight is 150 g/mol. The number of ketones is 1. The molecule has 2 saturated carbocycles. The van der Waals surface area contributed by atoms with Crippen molar-refractivity contribution >= 4 is 5.78 Å². The van der Waals surface area contributed by atoms with Crippen molar-refractivity contribution in [3.05, 3.63) is 12.2 Å². The Morgan fingerprint density at radius 3 is 2.82 bits per heavy atom. The standard InChI is InChI=1S/C10H14O/c1-7-2-3-8-4-5-9(11)6-10(7)8/h8,10H,1-6H2/t8-,10-/m0/s1. The van der Waals surface area contributed by atoms with Crippen LogP contribution >= 0.6 is 0 Å². The molecule has 2 atom stereocenters. The van der Waals surface area contributed by atoms with Gasteiger partial charge in [0.2, 0.25) is 0 Å². The number of allylic oxidation sites excluding steroid dienone is 1. The number of hydrogen-bond donors (Lipinski definition) is 0. The summed E-state index contributed by atoms with van der Waals surface area (Å²) in [4.78, 5) is 11.1. The second-order valence-corrected chi connectivity index (χ2v) is 3.84. The van der Waals surface area contributed by atoms with Crippen molar-refractivity contribution in [3.63, 3.8) is 0 Å². The van der Waals surface area contributed by atoms with E-state index >= 15 is 0 Å². The van der Waals surface area contributed by atoms with Crippen LogP contribution in [0.15, 0.2) is 12.2 Å². The van der Waals surface area contributed by atoms with Crippen LogP contribution in [0.1, 0.15) is 32.1 Å². The molecular formula is C10H14O. The van der Waals surface area contributed by atoms with Crippen LogP contribution in [0.25, 0.3) is 0 Å². The number of carbonyl (C=O) groups is 1. The SMILES string of the molecule is C=C1CC[C@H]2CCC(=O)C[C@@H]12. The highest BCUT2D eigenvalue weighted by Crippen LogP contribution is 2.43. The summed E-state index contributed by atoms with van der Waals surface area (Å²) >= 11 is 0. The number of rotatable bonds is 0. The van der Waals surface area contributed by atoms with Crippen molar-refractivity contribution in [2.24, 2.45) is 11.8 Å². The maximum absolute atomic E-state index is 11.1. The van der Waals surface area contributed by atoms with Crippen molar-refractivity contribution < 1.29 is 4.79 Å². The van der Waals surface area contributed by atoms with Gasteiger partial charge in [0.15, 0.2) is 0 Å². The predicted molar refractivity (Wildman–Crippen MR) is 44.2 cm³/mol. The Kier molecular flexibility index (Phi) is 1.59. The summed E-state index contributed by atoms with van der Waals surface area (Å²) in [5.74, 6) is 1.82. The molecule has 11 heavy (non-hydrogen) atoms. The van der Waals surface area contributed by atoms with E-state index in [1.54, 1.807) is 0 Å². The van der Waals surface area contributed by atoms with Crippen LogP contribution in [0.5, 0.6) is 0 Å². The molecule has 0 aromatic rings. The van der Waals surface area contributed by atoms with Crippen molar-refractivity contribution in [2.45, 2.75) is 32.1 Å². The molecule has 1 heteroatoms. The summed E-state index contributed by atoms with van der Waals surface area (Å²) in [6.45, 7) is 4.02. The molecule has 0 saturated heterocycles. The highest BCUT2D eigenvalue weighted by atomic mass is 16.1. The number of hydrogen-bond acceptors (Lipinski definition) is 1. The highest BCUT2D eigenvalue weighted by Gasteiger charge is 2.34. The van der Waals surface area contributed by atoms with E-state index in [2.05, 4.69) is 6.58 Å². The van der Waals surface area contributed by atoms with Gasteiger partial charge in [-0.15, -0.1) is 0 Å². The largest absolute Gasteiger partial charge is 0.300 e. The molecule has 0 heterocycles. The van der Waals surface area contributed by atoms with E-state index in [0.29, 0.717) is 11.7 Å². The Bertz CT molecular complexity index is 205. The fourth-order valence-electron chi connectivity index (χ4n) is 2.44. The lowest BCUT2D eigenvalue weighted by molar-refractivity contribution is -0.121. The first-order valence-electron chi connectivity index (χ1n) is 4.47. The Morgan fingerprint density at radius 1 is 1.27 bits per heavy atom. The maximum atomic E-state index is 11.1. The smallest absolute Gasteiger partial charge is 0.133 e. The number of fused-ring (bicyclic) bond motifs is 1. The summed E-state index contributed by atoms with van der Waals surface area (Å²) in [5.41, 5.74) is 1.34. The number of Topliss-reactive ketones (excluding diaryl/α,β-unsaturated/α-hetero) is 1. The molecule has 0 amide bonds. The molecule has 0 aromatic carbocycles. The molecule has 0 unspecified atom stereocenters. The van der Waals surface area contributed by atoms with Crippen LogP contribution in [0.2, 0.25) is 0 Å². The van der Waals surface area contributed by atoms with Gasteiger partial charge in [-0.05, 0) is 31.1 Å². The maximum Gasteiger partial charge on any atom is 0.133 e. The van der Waals surface area contributed by atoms with Crippen molar-refractivity contribution in [3.8, 4) is 0 Å². The lowest BCUT2D eigenvalue weighted by Gasteiger charge is -2.24. The van der Waals surface area contributed by atoms with E-state index in [9.17, 15) is 4.79 Å². The minimum absolute atomic E-state index is 0.453. The molecule has 0 aromatic heterocycles. The fourth-order valence-corrected chi connectivity index (χ4v) is 2.44. The monoisotopic (exact) mass is 150 g/mol. The molecule has 0 radical (unpaired) electrons. The van der Waals surface area contributed by atoms with Gasteiger partial charge in [0, 0.05) is 12.8 Å². The molecule has 1 nitrogen and oxygen atoms in total. The Balaban J connectivity index is 2.13. The first-order valence-corrected chi connectivity index (χ1v) is 4.47.